The standard InChI is InChI=1S/C29H36ClN11O3/c1-20(17-40(19-32)38-33)44-27-14-21(2-7-25(27)30)22-15-34-29(35-16-22)36-26-18-41(37-28(26)43-11-8-31)24-5-3-23(4-6-24)39-9-12-42-13-10-39/h2,7,14-16,18-20,23-24,32-33H,3-6,9-13,17H2,1H3,(H,34,35,36)/t20-,23?,24?/m0/s1. The lowest BCUT2D eigenvalue weighted by molar-refractivity contribution is 0.00503. The number of nitriles is 1. The normalized spacial score (nSPS) is 19.4. The Morgan fingerprint density at radius 1 is 1.20 bits per heavy atom. The molecule has 1 aliphatic carbocycles. The number of ether oxygens (including phenoxy) is 3. The third-order valence-corrected chi connectivity index (χ3v) is 8.10. The van der Waals surface area contributed by atoms with E-state index in [0.717, 1.165) is 74.5 Å². The summed E-state index contributed by atoms with van der Waals surface area (Å²) in [7, 11) is 0. The number of rotatable bonds is 13. The highest BCUT2D eigenvalue weighted by Gasteiger charge is 2.29. The number of nitrogens with zero attached hydrogens (tertiary/aromatic N) is 8. The van der Waals surface area contributed by atoms with Gasteiger partial charge in [0.05, 0.1) is 37.0 Å². The predicted molar refractivity (Wildman–Crippen MR) is 164 cm³/mol. The Bertz CT molecular complexity index is 1440. The van der Waals surface area contributed by atoms with Gasteiger partial charge in [0, 0.05) is 37.1 Å². The fraction of sp³-hybridized carbons (Fsp3) is 0.483. The van der Waals surface area contributed by atoms with E-state index in [1.54, 1.807) is 24.5 Å². The Hall–Kier alpha value is -4.32. The number of benzene rings is 1. The first-order valence-electron chi connectivity index (χ1n) is 14.6. The number of aromatic nitrogens is 4. The fourth-order valence-electron chi connectivity index (χ4n) is 5.56. The zero-order valence-corrected chi connectivity index (χ0v) is 25.3. The van der Waals surface area contributed by atoms with Crippen molar-refractivity contribution in [2.24, 2.45) is 5.22 Å². The van der Waals surface area contributed by atoms with Crippen molar-refractivity contribution in [3.8, 4) is 28.8 Å². The molecule has 1 aliphatic heterocycles. The summed E-state index contributed by atoms with van der Waals surface area (Å²) in [6.07, 6.45) is 10.1. The molecule has 3 heterocycles. The van der Waals surface area contributed by atoms with Crippen molar-refractivity contribution in [1.82, 2.24) is 29.7 Å². The van der Waals surface area contributed by atoms with Gasteiger partial charge in [-0.2, -0.15) is 10.8 Å². The second-order valence-corrected chi connectivity index (χ2v) is 11.1. The van der Waals surface area contributed by atoms with E-state index in [1.807, 2.05) is 29.9 Å². The summed E-state index contributed by atoms with van der Waals surface area (Å²) in [5, 5.41) is 29.1. The molecule has 1 aromatic carbocycles. The highest BCUT2D eigenvalue weighted by molar-refractivity contribution is 6.32. The van der Waals surface area contributed by atoms with Crippen LogP contribution in [0.2, 0.25) is 5.02 Å². The second-order valence-electron chi connectivity index (χ2n) is 10.7. The van der Waals surface area contributed by atoms with Gasteiger partial charge in [-0.1, -0.05) is 22.9 Å². The Morgan fingerprint density at radius 2 is 1.93 bits per heavy atom. The maximum Gasteiger partial charge on any atom is 0.257 e. The smallest absolute Gasteiger partial charge is 0.257 e. The van der Waals surface area contributed by atoms with Crippen LogP contribution < -0.4 is 14.8 Å². The highest BCUT2D eigenvalue weighted by atomic mass is 35.5. The van der Waals surface area contributed by atoms with Crippen LogP contribution in [0, 0.1) is 22.3 Å². The van der Waals surface area contributed by atoms with E-state index in [1.165, 1.54) is 0 Å². The van der Waals surface area contributed by atoms with E-state index in [-0.39, 0.29) is 25.3 Å². The quantitative estimate of drug-likeness (QED) is 0.101. The summed E-state index contributed by atoms with van der Waals surface area (Å²) in [5.74, 6) is 1.15. The van der Waals surface area contributed by atoms with Crippen molar-refractivity contribution in [2.45, 2.75) is 50.8 Å². The van der Waals surface area contributed by atoms with Crippen molar-refractivity contribution in [2.75, 3.05) is 44.8 Å². The largest absolute Gasteiger partial charge is 0.487 e. The molecule has 0 unspecified atom stereocenters. The zero-order chi connectivity index (χ0) is 30.9. The number of hydrogen-bond donors (Lipinski definition) is 3. The van der Waals surface area contributed by atoms with Gasteiger partial charge >= 0.3 is 0 Å². The Balaban J connectivity index is 1.25. The molecule has 0 amide bonds. The van der Waals surface area contributed by atoms with Gasteiger partial charge in [-0.25, -0.2) is 15.0 Å². The van der Waals surface area contributed by atoms with Gasteiger partial charge in [0.1, 0.15) is 29.9 Å². The first-order chi connectivity index (χ1) is 21.5. The number of halogens is 1. The van der Waals surface area contributed by atoms with Crippen molar-refractivity contribution < 1.29 is 14.2 Å². The van der Waals surface area contributed by atoms with E-state index in [9.17, 15) is 0 Å². The Morgan fingerprint density at radius 3 is 2.61 bits per heavy atom. The molecule has 2 aliphatic rings. The second kappa shape index (κ2) is 14.9. The number of anilines is 2. The first kappa shape index (κ1) is 31.1. The molecule has 15 heteroatoms. The van der Waals surface area contributed by atoms with E-state index in [0.29, 0.717) is 34.3 Å². The lowest BCUT2D eigenvalue weighted by Gasteiger charge is -2.38. The Kier molecular flexibility index (Phi) is 10.5. The zero-order valence-electron chi connectivity index (χ0n) is 24.5. The maximum absolute atomic E-state index is 9.09. The van der Waals surface area contributed by atoms with Crippen LogP contribution in [0.15, 0.2) is 42.0 Å². The summed E-state index contributed by atoms with van der Waals surface area (Å²) >= 11 is 6.37. The molecule has 2 fully saturated rings. The average molecular weight is 622 g/mol. The van der Waals surface area contributed by atoms with E-state index < -0.39 is 0 Å². The predicted octanol–water partition coefficient (Wildman–Crippen LogP) is 5.08. The lowest BCUT2D eigenvalue weighted by atomic mass is 9.90. The molecule has 2 aromatic heterocycles. The number of nitrogens with one attached hydrogen (secondary N) is 3. The SMILES string of the molecule is C[C@@H](CN(C=N)N=N)Oc1cc(-c2cnc(Nc3cn(C4CCC(N5CCOCC5)CC4)nc3OCC#N)nc2)ccc1Cl. The summed E-state index contributed by atoms with van der Waals surface area (Å²) in [6, 6.07) is 8.21. The molecule has 0 spiro atoms. The molecule has 1 saturated heterocycles. The molecule has 1 saturated carbocycles. The first-order valence-corrected chi connectivity index (χ1v) is 15.0. The van der Waals surface area contributed by atoms with Crippen molar-refractivity contribution in [3.63, 3.8) is 0 Å². The minimum absolute atomic E-state index is 0.119. The van der Waals surface area contributed by atoms with Crippen LogP contribution in [0.5, 0.6) is 11.6 Å². The van der Waals surface area contributed by atoms with Gasteiger partial charge in [-0.15, -0.1) is 5.10 Å². The van der Waals surface area contributed by atoms with Gasteiger partial charge in [-0.3, -0.25) is 15.0 Å². The van der Waals surface area contributed by atoms with Crippen LogP contribution in [0.25, 0.3) is 11.1 Å². The minimum atomic E-state index is -0.376. The summed E-state index contributed by atoms with van der Waals surface area (Å²) < 4.78 is 19.0. The molecule has 0 radical (unpaired) electrons. The van der Waals surface area contributed by atoms with Crippen LogP contribution in [0.3, 0.4) is 0 Å². The van der Waals surface area contributed by atoms with Gasteiger partial charge in [-0.05, 0) is 50.3 Å². The minimum Gasteiger partial charge on any atom is -0.487 e. The summed E-state index contributed by atoms with van der Waals surface area (Å²) in [6.45, 7) is 5.52. The van der Waals surface area contributed by atoms with Crippen molar-refractivity contribution >= 4 is 29.6 Å². The molecular weight excluding hydrogens is 586 g/mol. The highest BCUT2D eigenvalue weighted by Crippen LogP contribution is 2.35. The molecule has 232 valence electrons. The van der Waals surface area contributed by atoms with E-state index in [2.05, 4.69) is 30.5 Å². The maximum atomic E-state index is 9.09. The van der Waals surface area contributed by atoms with Crippen LogP contribution in [0.4, 0.5) is 11.6 Å². The molecule has 0 bridgehead atoms. The van der Waals surface area contributed by atoms with Gasteiger partial charge < -0.3 is 19.5 Å². The monoisotopic (exact) mass is 621 g/mol. The summed E-state index contributed by atoms with van der Waals surface area (Å²) in [5.41, 5.74) is 9.26. The van der Waals surface area contributed by atoms with Crippen molar-refractivity contribution in [3.05, 3.63) is 41.8 Å². The molecule has 3 N–H and O–H groups in total. The fourth-order valence-corrected chi connectivity index (χ4v) is 5.72. The molecule has 5 rings (SSSR count). The third kappa shape index (κ3) is 7.79. The van der Waals surface area contributed by atoms with Gasteiger partial charge in [0.2, 0.25) is 5.95 Å². The van der Waals surface area contributed by atoms with Crippen LogP contribution in [-0.2, 0) is 4.74 Å². The average Bonchev–Trinajstić information content (AvgIpc) is 3.46. The molecule has 14 nitrogen and oxygen atoms in total. The lowest BCUT2D eigenvalue weighted by Crippen LogP contribution is -2.45. The topological polar surface area (TPSA) is 174 Å². The number of morpholine rings is 1. The molecular formula is C29H36ClN11O3. The van der Waals surface area contributed by atoms with Crippen LogP contribution in [0.1, 0.15) is 38.6 Å². The van der Waals surface area contributed by atoms with Crippen molar-refractivity contribution in [1.29, 1.82) is 16.2 Å². The molecule has 44 heavy (non-hydrogen) atoms. The molecule has 3 aromatic rings. The van der Waals surface area contributed by atoms with Gasteiger partial charge in [0.15, 0.2) is 6.61 Å². The summed E-state index contributed by atoms with van der Waals surface area (Å²) in [4.78, 5) is 11.5. The van der Waals surface area contributed by atoms with Crippen LogP contribution in [-0.4, -0.2) is 87.6 Å². The Labute approximate surface area is 260 Å². The van der Waals surface area contributed by atoms with E-state index in [4.69, 9.17) is 42.0 Å². The molecule has 1 atom stereocenters. The van der Waals surface area contributed by atoms with Gasteiger partial charge in [0.25, 0.3) is 5.88 Å². The van der Waals surface area contributed by atoms with E-state index >= 15 is 0 Å². The van der Waals surface area contributed by atoms with Crippen LogP contribution >= 0.6 is 11.6 Å². The third-order valence-electron chi connectivity index (χ3n) is 7.79. The number of hydrogen-bond acceptors (Lipinski definition) is 12.